The lowest BCUT2D eigenvalue weighted by atomic mass is 9.43. The average Bonchev–Trinajstić information content (AvgIpc) is 3.11. The minimum atomic E-state index is -5.04. The molecule has 0 unspecified atom stereocenters. The topological polar surface area (TPSA) is 98.7 Å². The molecule has 0 aromatic carbocycles. The van der Waals surface area contributed by atoms with Crippen LogP contribution < -0.4 is 10.5 Å². The Kier molecular flexibility index (Phi) is 5.08. The molecule has 6 rings (SSSR count). The van der Waals surface area contributed by atoms with E-state index in [9.17, 15) is 31.4 Å². The zero-order valence-corrected chi connectivity index (χ0v) is 17.7. The molecule has 0 spiro atoms. The summed E-state index contributed by atoms with van der Waals surface area (Å²) in [5.41, 5.74) is 4.56. The van der Waals surface area contributed by atoms with Gasteiger partial charge < -0.3 is 24.9 Å². The van der Waals surface area contributed by atoms with Crippen LogP contribution in [0.15, 0.2) is 18.5 Å². The van der Waals surface area contributed by atoms with Crippen LogP contribution in [0, 0.1) is 0 Å². The zero-order chi connectivity index (χ0) is 24.5. The minimum absolute atomic E-state index is 0.0303. The van der Waals surface area contributed by atoms with Crippen LogP contribution >= 0.6 is 0 Å². The summed E-state index contributed by atoms with van der Waals surface area (Å²) < 4.78 is 88.8. The maximum Gasteiger partial charge on any atom is 0.573 e. The first-order chi connectivity index (χ1) is 15.8. The molecule has 14 heteroatoms. The first kappa shape index (κ1) is 23.2. The van der Waals surface area contributed by atoms with Crippen LogP contribution in [0.1, 0.15) is 31.2 Å². The fourth-order valence-electron chi connectivity index (χ4n) is 5.37. The van der Waals surface area contributed by atoms with E-state index in [1.165, 1.54) is 10.8 Å². The van der Waals surface area contributed by atoms with E-state index >= 15 is 0 Å². The Hall–Kier alpha value is -2.58. The number of halogens is 6. The third-order valence-electron chi connectivity index (χ3n) is 6.86. The van der Waals surface area contributed by atoms with Crippen molar-refractivity contribution in [1.29, 1.82) is 0 Å². The van der Waals surface area contributed by atoms with E-state index in [-0.39, 0.29) is 16.8 Å². The Bertz CT molecular complexity index is 1080. The molecule has 3 aliphatic carbocycles. The molecule has 2 aromatic heterocycles. The van der Waals surface area contributed by atoms with Gasteiger partial charge in [0.15, 0.2) is 11.6 Å². The number of aliphatic hydroxyl groups excluding tert-OH is 1. The predicted molar refractivity (Wildman–Crippen MR) is 105 cm³/mol. The SMILES string of the molecule is Nc1ncc(-c2cn(C34CC(N5CCOCC5)(C3)C4)c([C@@H](O)C(F)(F)F)n2)cc1OC(F)(F)F. The zero-order valence-electron chi connectivity index (χ0n) is 17.7. The normalized spacial score (nSPS) is 28.2. The van der Waals surface area contributed by atoms with Crippen molar-refractivity contribution in [3.8, 4) is 17.0 Å². The van der Waals surface area contributed by atoms with Gasteiger partial charge in [-0.15, -0.1) is 13.2 Å². The summed E-state index contributed by atoms with van der Waals surface area (Å²) in [6, 6.07) is 0.906. The summed E-state index contributed by atoms with van der Waals surface area (Å²) in [5, 5.41) is 10.0. The standard InChI is InChI=1S/C20H21F6N5O3/c21-19(22,23)14(32)16-29-12(11-5-13(15(27)28-6-11)34-20(24,25)26)7-31(16)18-8-17(9-18,10-18)30-1-3-33-4-2-30/h5-7,14,32H,1-4,8-10H2,(H2,27,28)/t14-,17?,18?/m1/s1. The molecular weight excluding hydrogens is 472 g/mol. The molecule has 186 valence electrons. The largest absolute Gasteiger partial charge is 0.573 e. The van der Waals surface area contributed by atoms with E-state index in [0.29, 0.717) is 32.5 Å². The highest BCUT2D eigenvalue weighted by Gasteiger charge is 2.71. The van der Waals surface area contributed by atoms with E-state index in [2.05, 4.69) is 19.6 Å². The highest BCUT2D eigenvalue weighted by atomic mass is 19.4. The molecule has 8 nitrogen and oxygen atoms in total. The molecule has 2 aromatic rings. The Morgan fingerprint density at radius 1 is 1.09 bits per heavy atom. The smallest absolute Gasteiger partial charge is 0.402 e. The molecule has 2 bridgehead atoms. The predicted octanol–water partition coefficient (Wildman–Crippen LogP) is 2.99. The summed E-state index contributed by atoms with van der Waals surface area (Å²) in [6.45, 7) is 2.66. The van der Waals surface area contributed by atoms with Gasteiger partial charge in [-0.05, 0) is 25.3 Å². The summed E-state index contributed by atoms with van der Waals surface area (Å²) >= 11 is 0. The summed E-state index contributed by atoms with van der Waals surface area (Å²) in [5.74, 6) is -1.95. The fraction of sp³-hybridized carbons (Fsp3) is 0.600. The van der Waals surface area contributed by atoms with Crippen LogP contribution in [0.2, 0.25) is 0 Å². The van der Waals surface area contributed by atoms with Gasteiger partial charge in [0.05, 0.1) is 24.4 Å². The number of alkyl halides is 6. The number of aliphatic hydroxyl groups is 1. The third-order valence-corrected chi connectivity index (χ3v) is 6.86. The van der Waals surface area contributed by atoms with E-state index in [0.717, 1.165) is 25.4 Å². The van der Waals surface area contributed by atoms with Gasteiger partial charge in [0.2, 0.25) is 6.10 Å². The lowest BCUT2D eigenvalue weighted by Gasteiger charge is -2.74. The number of nitrogens with two attached hydrogens (primary N) is 1. The molecule has 1 aliphatic heterocycles. The molecule has 0 radical (unpaired) electrons. The summed E-state index contributed by atoms with van der Waals surface area (Å²) in [6.07, 6.45) is -8.73. The number of morpholine rings is 1. The van der Waals surface area contributed by atoms with Gasteiger partial charge in [-0.3, -0.25) is 4.90 Å². The van der Waals surface area contributed by atoms with Crippen LogP contribution in [-0.2, 0) is 10.3 Å². The number of aromatic nitrogens is 3. The summed E-state index contributed by atoms with van der Waals surface area (Å²) in [7, 11) is 0. The molecule has 1 atom stereocenters. The number of nitrogen functional groups attached to an aromatic ring is 1. The quantitative estimate of drug-likeness (QED) is 0.618. The summed E-state index contributed by atoms with van der Waals surface area (Å²) in [4.78, 5) is 9.89. The molecule has 34 heavy (non-hydrogen) atoms. The van der Waals surface area contributed by atoms with Crippen molar-refractivity contribution in [2.24, 2.45) is 0 Å². The molecule has 3 heterocycles. The van der Waals surface area contributed by atoms with Gasteiger partial charge in [-0.25, -0.2) is 9.97 Å². The third kappa shape index (κ3) is 3.77. The highest BCUT2D eigenvalue weighted by molar-refractivity contribution is 5.64. The van der Waals surface area contributed by atoms with Crippen molar-refractivity contribution < 1.29 is 40.9 Å². The number of imidazole rings is 1. The number of hydrogen-bond donors (Lipinski definition) is 2. The first-order valence-electron chi connectivity index (χ1n) is 10.5. The number of ether oxygens (including phenoxy) is 2. The van der Waals surface area contributed by atoms with E-state index in [1.54, 1.807) is 0 Å². The fourth-order valence-corrected chi connectivity index (χ4v) is 5.37. The Morgan fingerprint density at radius 3 is 2.32 bits per heavy atom. The van der Waals surface area contributed by atoms with Crippen LogP contribution in [0.5, 0.6) is 5.75 Å². The number of rotatable bonds is 5. The second-order valence-corrected chi connectivity index (χ2v) is 9.03. The molecule has 1 saturated heterocycles. The van der Waals surface area contributed by atoms with Crippen LogP contribution in [0.4, 0.5) is 32.2 Å². The molecule has 4 aliphatic rings. The second-order valence-electron chi connectivity index (χ2n) is 9.03. The Labute approximate surface area is 189 Å². The first-order valence-corrected chi connectivity index (χ1v) is 10.5. The van der Waals surface area contributed by atoms with Gasteiger partial charge in [0.1, 0.15) is 5.82 Å². The van der Waals surface area contributed by atoms with Crippen molar-refractivity contribution in [1.82, 2.24) is 19.4 Å². The molecule has 0 amide bonds. The van der Waals surface area contributed by atoms with Crippen molar-refractivity contribution in [3.05, 3.63) is 24.3 Å². The van der Waals surface area contributed by atoms with Gasteiger partial charge >= 0.3 is 12.5 Å². The monoisotopic (exact) mass is 493 g/mol. The average molecular weight is 493 g/mol. The molecular formula is C20H21F6N5O3. The highest BCUT2D eigenvalue weighted by Crippen LogP contribution is 2.68. The van der Waals surface area contributed by atoms with Gasteiger partial charge in [0.25, 0.3) is 0 Å². The molecule has 3 saturated carbocycles. The van der Waals surface area contributed by atoms with Gasteiger partial charge in [-0.1, -0.05) is 0 Å². The van der Waals surface area contributed by atoms with E-state index in [1.807, 2.05) is 0 Å². The lowest BCUT2D eigenvalue weighted by molar-refractivity contribution is -0.274. The van der Waals surface area contributed by atoms with Crippen LogP contribution in [0.25, 0.3) is 11.3 Å². The second kappa shape index (κ2) is 7.46. The lowest BCUT2D eigenvalue weighted by Crippen LogP contribution is -2.79. The maximum absolute atomic E-state index is 13.4. The Morgan fingerprint density at radius 2 is 1.74 bits per heavy atom. The number of hydrogen-bond acceptors (Lipinski definition) is 7. The Balaban J connectivity index is 1.48. The minimum Gasteiger partial charge on any atom is -0.402 e. The van der Waals surface area contributed by atoms with Crippen molar-refractivity contribution in [2.75, 3.05) is 32.0 Å². The molecule has 4 fully saturated rings. The maximum atomic E-state index is 13.4. The van der Waals surface area contributed by atoms with Crippen molar-refractivity contribution in [2.45, 2.75) is 49.0 Å². The van der Waals surface area contributed by atoms with Crippen molar-refractivity contribution >= 4 is 5.82 Å². The van der Waals surface area contributed by atoms with Gasteiger partial charge in [-0.2, -0.15) is 13.2 Å². The number of anilines is 1. The van der Waals surface area contributed by atoms with Gasteiger partial charge in [0, 0.05) is 36.6 Å². The van der Waals surface area contributed by atoms with Crippen LogP contribution in [-0.4, -0.2) is 68.9 Å². The number of pyridine rings is 1. The van der Waals surface area contributed by atoms with E-state index in [4.69, 9.17) is 10.5 Å². The van der Waals surface area contributed by atoms with E-state index < -0.39 is 41.6 Å². The van der Waals surface area contributed by atoms with Crippen molar-refractivity contribution in [3.63, 3.8) is 0 Å². The number of nitrogens with zero attached hydrogens (tertiary/aromatic N) is 4. The molecule has 3 N–H and O–H groups in total. The van der Waals surface area contributed by atoms with Crippen LogP contribution in [0.3, 0.4) is 0 Å².